The van der Waals surface area contributed by atoms with Gasteiger partial charge in [0.25, 0.3) is 0 Å². The molecule has 1 unspecified atom stereocenters. The van der Waals surface area contributed by atoms with Gasteiger partial charge >= 0.3 is 6.09 Å². The SMILES string of the molecule is COCCOCCCNC(=O)O[C@H]1CC[C@@]2(C)C(=CC[C@H]3[C@@H]4CC[C@H](C(C)CCCC(C)C)[C@@]4(C)CC[C@@H]32)C1. The molecule has 5 nitrogen and oxygen atoms in total. The Morgan fingerprint density at radius 2 is 1.82 bits per heavy atom. The maximum absolute atomic E-state index is 12.4. The zero-order chi connectivity index (χ0) is 28.0. The lowest BCUT2D eigenvalue weighted by Crippen LogP contribution is -2.51. The Hall–Kier alpha value is -1.07. The molecule has 3 fully saturated rings. The lowest BCUT2D eigenvalue weighted by molar-refractivity contribution is -0.0581. The zero-order valence-corrected chi connectivity index (χ0v) is 26.1. The van der Waals surface area contributed by atoms with Crippen molar-refractivity contribution in [1.82, 2.24) is 5.32 Å². The number of carbonyl (C=O) groups is 1. The van der Waals surface area contributed by atoms with Gasteiger partial charge in [0.05, 0.1) is 13.2 Å². The van der Waals surface area contributed by atoms with Crippen molar-refractivity contribution in [3.8, 4) is 0 Å². The van der Waals surface area contributed by atoms with Crippen molar-refractivity contribution in [3.63, 3.8) is 0 Å². The average molecular weight is 546 g/mol. The van der Waals surface area contributed by atoms with Gasteiger partial charge in [0.15, 0.2) is 0 Å². The molecule has 0 aliphatic heterocycles. The molecule has 4 rings (SSSR count). The van der Waals surface area contributed by atoms with Gasteiger partial charge in [0.1, 0.15) is 6.10 Å². The number of carbonyl (C=O) groups excluding carboxylic acids is 1. The quantitative estimate of drug-likeness (QED) is 0.187. The fourth-order valence-corrected chi connectivity index (χ4v) is 9.55. The number of methoxy groups -OCH3 is 1. The van der Waals surface area contributed by atoms with Crippen molar-refractivity contribution in [2.75, 3.05) is 33.5 Å². The molecule has 4 aliphatic carbocycles. The third-order valence-corrected chi connectivity index (χ3v) is 11.7. The molecule has 3 saturated carbocycles. The van der Waals surface area contributed by atoms with Gasteiger partial charge in [0, 0.05) is 26.7 Å². The van der Waals surface area contributed by atoms with Crippen LogP contribution in [0.3, 0.4) is 0 Å². The van der Waals surface area contributed by atoms with Gasteiger partial charge in [-0.05, 0) is 97.7 Å². The summed E-state index contributed by atoms with van der Waals surface area (Å²) in [7, 11) is 1.67. The van der Waals surface area contributed by atoms with E-state index in [4.69, 9.17) is 14.2 Å². The second kappa shape index (κ2) is 13.7. The second-order valence-electron chi connectivity index (χ2n) is 14.4. The number of nitrogens with one attached hydrogen (secondary N) is 1. The van der Waals surface area contributed by atoms with Crippen molar-refractivity contribution in [1.29, 1.82) is 0 Å². The minimum atomic E-state index is -0.275. The third-order valence-electron chi connectivity index (χ3n) is 11.7. The molecule has 5 heteroatoms. The van der Waals surface area contributed by atoms with Crippen molar-refractivity contribution >= 4 is 6.09 Å². The number of hydrogen-bond donors (Lipinski definition) is 1. The Morgan fingerprint density at radius 3 is 2.59 bits per heavy atom. The van der Waals surface area contributed by atoms with Crippen LogP contribution in [0, 0.1) is 46.3 Å². The molecule has 0 heterocycles. The van der Waals surface area contributed by atoms with Crippen LogP contribution in [-0.2, 0) is 14.2 Å². The molecule has 39 heavy (non-hydrogen) atoms. The van der Waals surface area contributed by atoms with E-state index in [1.807, 2.05) is 0 Å². The summed E-state index contributed by atoms with van der Waals surface area (Å²) in [5.41, 5.74) is 2.41. The highest BCUT2D eigenvalue weighted by Crippen LogP contribution is 2.67. The number of alkyl carbamates (subject to hydrolysis) is 1. The van der Waals surface area contributed by atoms with E-state index in [2.05, 4.69) is 46.0 Å². The summed E-state index contributed by atoms with van der Waals surface area (Å²) in [4.78, 5) is 12.4. The number of hydrogen-bond acceptors (Lipinski definition) is 4. The Balaban J connectivity index is 1.29. The molecule has 4 aliphatic rings. The van der Waals surface area contributed by atoms with Gasteiger partial charge in [-0.2, -0.15) is 0 Å². The molecule has 0 aromatic carbocycles. The number of fused-ring (bicyclic) bond motifs is 5. The summed E-state index contributed by atoms with van der Waals surface area (Å²) in [5.74, 6) is 5.14. The molecule has 0 spiro atoms. The van der Waals surface area contributed by atoms with E-state index in [-0.39, 0.29) is 12.2 Å². The smallest absolute Gasteiger partial charge is 0.407 e. The molecule has 8 atom stereocenters. The van der Waals surface area contributed by atoms with Crippen molar-refractivity contribution in [3.05, 3.63) is 11.6 Å². The first-order valence-electron chi connectivity index (χ1n) is 16.4. The molecular weight excluding hydrogens is 486 g/mol. The van der Waals surface area contributed by atoms with Crippen LogP contribution < -0.4 is 5.32 Å². The lowest BCUT2D eigenvalue weighted by atomic mass is 9.47. The molecule has 224 valence electrons. The predicted molar refractivity (Wildman–Crippen MR) is 159 cm³/mol. The van der Waals surface area contributed by atoms with E-state index in [1.165, 1.54) is 51.4 Å². The van der Waals surface area contributed by atoms with Crippen molar-refractivity contribution in [2.24, 2.45) is 46.3 Å². The minimum absolute atomic E-state index is 0.00948. The Morgan fingerprint density at radius 1 is 1.00 bits per heavy atom. The van der Waals surface area contributed by atoms with E-state index < -0.39 is 0 Å². The molecule has 1 N–H and O–H groups in total. The first-order chi connectivity index (χ1) is 18.7. The highest BCUT2D eigenvalue weighted by Gasteiger charge is 2.59. The monoisotopic (exact) mass is 545 g/mol. The Labute approximate surface area is 239 Å². The topological polar surface area (TPSA) is 56.8 Å². The summed E-state index contributed by atoms with van der Waals surface area (Å²) in [6, 6.07) is 0. The first kappa shape index (κ1) is 30.9. The maximum Gasteiger partial charge on any atom is 0.407 e. The van der Waals surface area contributed by atoms with E-state index in [0.717, 1.165) is 61.2 Å². The zero-order valence-electron chi connectivity index (χ0n) is 26.1. The second-order valence-corrected chi connectivity index (χ2v) is 14.4. The number of allylic oxidation sites excluding steroid dienone is 1. The Kier molecular flexibility index (Phi) is 10.9. The van der Waals surface area contributed by atoms with Gasteiger partial charge < -0.3 is 19.5 Å². The highest BCUT2D eigenvalue weighted by atomic mass is 16.6. The van der Waals surface area contributed by atoms with Crippen LogP contribution in [0.1, 0.15) is 112 Å². The van der Waals surface area contributed by atoms with E-state index in [9.17, 15) is 4.79 Å². The molecule has 0 bridgehead atoms. The number of amides is 1. The van der Waals surface area contributed by atoms with Crippen LogP contribution in [0.2, 0.25) is 0 Å². The van der Waals surface area contributed by atoms with Crippen LogP contribution in [0.5, 0.6) is 0 Å². The lowest BCUT2D eigenvalue weighted by Gasteiger charge is -2.58. The van der Waals surface area contributed by atoms with Crippen LogP contribution in [0.15, 0.2) is 11.6 Å². The standard InChI is InChI=1S/C34H59NO4/c1-24(2)9-7-10-25(3)29-13-14-30-28-12-11-26-23-27(39-32(36)35-19-8-20-38-22-21-37-6)15-17-33(26,4)31(28)16-18-34(29,30)5/h11,24-25,27-31H,7-10,12-23H2,1-6H3,(H,35,36)/t25?,27-,28-,29+,30-,31-,33-,34+/m0/s1. The summed E-state index contributed by atoms with van der Waals surface area (Å²) in [5, 5.41) is 2.92. The van der Waals surface area contributed by atoms with E-state index >= 15 is 0 Å². The van der Waals surface area contributed by atoms with Crippen LogP contribution in [0.4, 0.5) is 4.79 Å². The maximum atomic E-state index is 12.4. The largest absolute Gasteiger partial charge is 0.446 e. The van der Waals surface area contributed by atoms with Gasteiger partial charge in [-0.25, -0.2) is 4.79 Å². The van der Waals surface area contributed by atoms with Crippen LogP contribution in [0.25, 0.3) is 0 Å². The number of ether oxygens (including phenoxy) is 3. The first-order valence-corrected chi connectivity index (χ1v) is 16.4. The molecule has 0 aromatic rings. The normalized spacial score (nSPS) is 36.5. The average Bonchev–Trinajstić information content (AvgIpc) is 3.25. The third kappa shape index (κ3) is 7.05. The molecule has 0 saturated heterocycles. The predicted octanol–water partition coefficient (Wildman–Crippen LogP) is 8.18. The van der Waals surface area contributed by atoms with Crippen LogP contribution >= 0.6 is 0 Å². The fourth-order valence-electron chi connectivity index (χ4n) is 9.55. The summed E-state index contributed by atoms with van der Waals surface area (Å²) in [6.07, 6.45) is 17.3. The summed E-state index contributed by atoms with van der Waals surface area (Å²) >= 11 is 0. The van der Waals surface area contributed by atoms with Crippen molar-refractivity contribution < 1.29 is 19.0 Å². The summed E-state index contributed by atoms with van der Waals surface area (Å²) < 4.78 is 16.3. The van der Waals surface area contributed by atoms with Gasteiger partial charge in [-0.1, -0.05) is 65.5 Å². The van der Waals surface area contributed by atoms with Gasteiger partial charge in [0.2, 0.25) is 0 Å². The molecular formula is C34H59NO4. The van der Waals surface area contributed by atoms with E-state index in [0.29, 0.717) is 37.2 Å². The Bertz CT molecular complexity index is 826. The molecule has 0 radical (unpaired) electrons. The molecule has 0 aromatic heterocycles. The van der Waals surface area contributed by atoms with Gasteiger partial charge in [-0.3, -0.25) is 0 Å². The van der Waals surface area contributed by atoms with Crippen LogP contribution in [-0.4, -0.2) is 45.7 Å². The van der Waals surface area contributed by atoms with Gasteiger partial charge in [-0.15, -0.1) is 0 Å². The van der Waals surface area contributed by atoms with Crippen molar-refractivity contribution in [2.45, 2.75) is 118 Å². The fraction of sp³-hybridized carbons (Fsp3) is 0.912. The summed E-state index contributed by atoms with van der Waals surface area (Å²) in [6.45, 7) is 14.9. The number of rotatable bonds is 13. The molecule has 1 amide bonds. The minimum Gasteiger partial charge on any atom is -0.446 e. The highest BCUT2D eigenvalue weighted by molar-refractivity contribution is 5.67. The van der Waals surface area contributed by atoms with E-state index in [1.54, 1.807) is 12.7 Å².